The van der Waals surface area contributed by atoms with E-state index >= 15 is 0 Å². The van der Waals surface area contributed by atoms with E-state index in [-0.39, 0.29) is 24.5 Å². The molecule has 1 saturated heterocycles. The second kappa shape index (κ2) is 10.1. The summed E-state index contributed by atoms with van der Waals surface area (Å²) in [7, 11) is 0. The zero-order chi connectivity index (χ0) is 26.1. The maximum absolute atomic E-state index is 14.8. The van der Waals surface area contributed by atoms with Gasteiger partial charge in [0.15, 0.2) is 5.82 Å². The molecular weight excluding hydrogens is 489 g/mol. The van der Waals surface area contributed by atoms with Gasteiger partial charge in [-0.1, -0.05) is 6.07 Å². The fraction of sp³-hybridized carbons (Fsp3) is 0.565. The van der Waals surface area contributed by atoms with Crippen LogP contribution in [0.15, 0.2) is 35.3 Å². The van der Waals surface area contributed by atoms with Crippen LogP contribution in [0.5, 0.6) is 5.88 Å². The summed E-state index contributed by atoms with van der Waals surface area (Å²) in [4.78, 5) is 26.1. The first-order valence-corrected chi connectivity index (χ1v) is 11.6. The summed E-state index contributed by atoms with van der Waals surface area (Å²) in [6.45, 7) is 0.143. The molecule has 0 spiro atoms. The van der Waals surface area contributed by atoms with Crippen molar-refractivity contribution < 1.29 is 31.5 Å². The number of hydrogen-bond donors (Lipinski definition) is 1. The zero-order valence-corrected chi connectivity index (χ0v) is 19.5. The molecule has 13 heteroatoms. The highest BCUT2D eigenvalue weighted by Gasteiger charge is 2.46. The van der Waals surface area contributed by atoms with E-state index in [1.165, 1.54) is 11.0 Å². The zero-order valence-electron chi connectivity index (χ0n) is 19.5. The van der Waals surface area contributed by atoms with Crippen LogP contribution in [0.2, 0.25) is 0 Å². The van der Waals surface area contributed by atoms with Gasteiger partial charge in [-0.05, 0) is 37.3 Å². The van der Waals surface area contributed by atoms with Gasteiger partial charge in [-0.2, -0.15) is 13.2 Å². The standard InChI is InChI=1S/C23H26F5N5O3/c1-14(21(35)29-18-5-6-19(31-30-18)36-12-15-2-3-15)32-9-8-22(24,25)17(11-32)16-4-7-20(34)33(10-16)13-23(26,27)28/h4-7,10,14-15,17H,2-3,8-9,11-13H2,1H3,(H,29,30,35). The molecule has 1 amide bonds. The van der Waals surface area contributed by atoms with Crippen LogP contribution in [-0.4, -0.2) is 63.4 Å². The molecule has 1 aliphatic carbocycles. The second-order valence-electron chi connectivity index (χ2n) is 9.28. The summed E-state index contributed by atoms with van der Waals surface area (Å²) in [6.07, 6.45) is -2.20. The molecule has 2 fully saturated rings. The van der Waals surface area contributed by atoms with Gasteiger partial charge < -0.3 is 14.6 Å². The van der Waals surface area contributed by atoms with E-state index in [4.69, 9.17) is 4.74 Å². The highest BCUT2D eigenvalue weighted by Crippen LogP contribution is 2.40. The lowest BCUT2D eigenvalue weighted by Gasteiger charge is -2.40. The number of alkyl halides is 5. The number of likely N-dealkylation sites (tertiary alicyclic amines) is 1. The molecule has 2 aliphatic rings. The number of aromatic nitrogens is 3. The molecule has 2 unspecified atom stereocenters. The Morgan fingerprint density at radius 2 is 1.97 bits per heavy atom. The van der Waals surface area contributed by atoms with Gasteiger partial charge >= 0.3 is 6.18 Å². The number of piperidine rings is 1. The van der Waals surface area contributed by atoms with Crippen LogP contribution in [0.25, 0.3) is 0 Å². The predicted octanol–water partition coefficient (Wildman–Crippen LogP) is 3.44. The number of amides is 1. The van der Waals surface area contributed by atoms with E-state index in [1.807, 2.05) is 0 Å². The fourth-order valence-corrected chi connectivity index (χ4v) is 4.05. The summed E-state index contributed by atoms with van der Waals surface area (Å²) in [6, 6.07) is 4.23. The Morgan fingerprint density at radius 3 is 2.61 bits per heavy atom. The van der Waals surface area contributed by atoms with Gasteiger partial charge in [0.2, 0.25) is 11.8 Å². The predicted molar refractivity (Wildman–Crippen MR) is 119 cm³/mol. The van der Waals surface area contributed by atoms with Crippen LogP contribution in [0.1, 0.15) is 37.7 Å². The minimum atomic E-state index is -4.68. The molecule has 2 atom stereocenters. The normalized spacial score (nSPS) is 21.1. The molecule has 4 rings (SSSR count). The van der Waals surface area contributed by atoms with Gasteiger partial charge in [-0.25, -0.2) is 8.78 Å². The quantitative estimate of drug-likeness (QED) is 0.542. The molecule has 0 bridgehead atoms. The summed E-state index contributed by atoms with van der Waals surface area (Å²) >= 11 is 0. The van der Waals surface area contributed by atoms with Gasteiger partial charge in [0.25, 0.3) is 11.5 Å². The summed E-state index contributed by atoms with van der Waals surface area (Å²) in [5.41, 5.74) is -1.04. The monoisotopic (exact) mass is 515 g/mol. The molecule has 2 aromatic heterocycles. The number of nitrogens with zero attached hydrogens (tertiary/aromatic N) is 4. The van der Waals surface area contributed by atoms with Crippen molar-refractivity contribution >= 4 is 11.7 Å². The number of halogens is 5. The van der Waals surface area contributed by atoms with Crippen molar-refractivity contribution in [3.8, 4) is 5.88 Å². The highest BCUT2D eigenvalue weighted by atomic mass is 19.4. The maximum atomic E-state index is 14.8. The van der Waals surface area contributed by atoms with Gasteiger partial charge in [0.05, 0.1) is 18.6 Å². The third-order valence-electron chi connectivity index (χ3n) is 6.40. The lowest BCUT2D eigenvalue weighted by molar-refractivity contribution is -0.141. The summed E-state index contributed by atoms with van der Waals surface area (Å²) in [5.74, 6) is -4.17. The number of carbonyl (C=O) groups excluding carboxylic acids is 1. The van der Waals surface area contributed by atoms with Crippen molar-refractivity contribution in [1.82, 2.24) is 19.7 Å². The average molecular weight is 515 g/mol. The lowest BCUT2D eigenvalue weighted by Crippen LogP contribution is -2.52. The molecule has 1 saturated carbocycles. The topological polar surface area (TPSA) is 89.3 Å². The lowest BCUT2D eigenvalue weighted by atomic mass is 9.87. The van der Waals surface area contributed by atoms with E-state index in [1.54, 1.807) is 13.0 Å². The number of carbonyl (C=O) groups is 1. The third-order valence-corrected chi connectivity index (χ3v) is 6.40. The molecule has 0 aromatic carbocycles. The minimum Gasteiger partial charge on any atom is -0.476 e. The molecule has 8 nitrogen and oxygen atoms in total. The first-order chi connectivity index (χ1) is 16.9. The van der Waals surface area contributed by atoms with Crippen molar-refractivity contribution in [1.29, 1.82) is 0 Å². The summed E-state index contributed by atoms with van der Waals surface area (Å²) in [5, 5.41) is 10.4. The Labute approximate surface area is 203 Å². The molecule has 1 aliphatic heterocycles. The van der Waals surface area contributed by atoms with E-state index in [2.05, 4.69) is 15.5 Å². The van der Waals surface area contributed by atoms with Gasteiger partial charge in [-0.3, -0.25) is 14.5 Å². The maximum Gasteiger partial charge on any atom is 0.406 e. The van der Waals surface area contributed by atoms with Crippen LogP contribution >= 0.6 is 0 Å². The van der Waals surface area contributed by atoms with Crippen LogP contribution < -0.4 is 15.6 Å². The number of ether oxygens (including phenoxy) is 1. The second-order valence-corrected chi connectivity index (χ2v) is 9.28. The van der Waals surface area contributed by atoms with E-state index in [9.17, 15) is 31.5 Å². The molecule has 3 heterocycles. The van der Waals surface area contributed by atoms with Crippen molar-refractivity contribution in [3.05, 3.63) is 46.4 Å². The van der Waals surface area contributed by atoms with Gasteiger partial charge in [0, 0.05) is 37.8 Å². The van der Waals surface area contributed by atoms with Crippen molar-refractivity contribution in [3.63, 3.8) is 0 Å². The third kappa shape index (κ3) is 6.56. The average Bonchev–Trinajstić information content (AvgIpc) is 3.63. The molecule has 2 aromatic rings. The van der Waals surface area contributed by atoms with Crippen LogP contribution in [0.3, 0.4) is 0 Å². The van der Waals surface area contributed by atoms with Crippen molar-refractivity contribution in [2.75, 3.05) is 25.0 Å². The largest absolute Gasteiger partial charge is 0.476 e. The first-order valence-electron chi connectivity index (χ1n) is 11.6. The minimum absolute atomic E-state index is 0.0973. The molecule has 36 heavy (non-hydrogen) atoms. The highest BCUT2D eigenvalue weighted by molar-refractivity contribution is 5.93. The van der Waals surface area contributed by atoms with Crippen LogP contribution in [0, 0.1) is 5.92 Å². The Kier molecular flexibility index (Phi) is 7.30. The Morgan fingerprint density at radius 1 is 1.22 bits per heavy atom. The Balaban J connectivity index is 1.42. The SMILES string of the molecule is CC(C(=O)Nc1ccc(OCC2CC2)nn1)N1CCC(F)(F)C(c2ccc(=O)n(CC(F)(F)F)c2)C1. The molecule has 196 valence electrons. The van der Waals surface area contributed by atoms with Gasteiger partial charge in [0.1, 0.15) is 6.54 Å². The van der Waals surface area contributed by atoms with Crippen LogP contribution in [0.4, 0.5) is 27.8 Å². The number of rotatable bonds is 8. The molecule has 1 N–H and O–H groups in total. The van der Waals surface area contributed by atoms with Gasteiger partial charge in [-0.15, -0.1) is 10.2 Å². The van der Waals surface area contributed by atoms with E-state index < -0.39 is 48.5 Å². The summed E-state index contributed by atoms with van der Waals surface area (Å²) < 4.78 is 73.9. The van der Waals surface area contributed by atoms with Crippen molar-refractivity contribution in [2.24, 2.45) is 5.92 Å². The molecule has 0 radical (unpaired) electrons. The number of nitrogens with one attached hydrogen (secondary N) is 1. The Bertz CT molecular complexity index is 1130. The number of hydrogen-bond acceptors (Lipinski definition) is 6. The van der Waals surface area contributed by atoms with Crippen LogP contribution in [-0.2, 0) is 11.3 Å². The van der Waals surface area contributed by atoms with E-state index in [0.717, 1.165) is 31.2 Å². The smallest absolute Gasteiger partial charge is 0.406 e. The Hall–Kier alpha value is -3.09. The first kappa shape index (κ1) is 26.0. The van der Waals surface area contributed by atoms with E-state index in [0.29, 0.717) is 23.0 Å². The number of pyridine rings is 1. The molecular formula is C23H26F5N5O3. The number of anilines is 1. The van der Waals surface area contributed by atoms with Crippen molar-refractivity contribution in [2.45, 2.75) is 56.8 Å². The fourth-order valence-electron chi connectivity index (χ4n) is 4.05.